The minimum absolute atomic E-state index is 0.213. The number of amides is 1. The lowest BCUT2D eigenvalue weighted by Crippen LogP contribution is -2.37. The first kappa shape index (κ1) is 18.4. The molecule has 1 atom stereocenters. The van der Waals surface area contributed by atoms with Gasteiger partial charge >= 0.3 is 0 Å². The lowest BCUT2D eigenvalue weighted by molar-refractivity contribution is -0.117. The molecule has 0 spiro atoms. The summed E-state index contributed by atoms with van der Waals surface area (Å²) in [7, 11) is 0.323. The van der Waals surface area contributed by atoms with Gasteiger partial charge in [-0.2, -0.15) is 0 Å². The Bertz CT molecular complexity index is 676. The van der Waals surface area contributed by atoms with Crippen LogP contribution in [0.2, 0.25) is 19.6 Å². The van der Waals surface area contributed by atoms with Crippen LogP contribution in [0.15, 0.2) is 48.5 Å². The number of benzene rings is 2. The van der Waals surface area contributed by atoms with Crippen molar-refractivity contribution in [3.8, 4) is 0 Å². The minimum atomic E-state index is -1.33. The van der Waals surface area contributed by atoms with E-state index in [1.165, 1.54) is 5.19 Å². The Labute approximate surface area is 145 Å². The maximum atomic E-state index is 12.4. The first-order valence-corrected chi connectivity index (χ1v) is 11.6. The molecule has 1 amide bonds. The highest BCUT2D eigenvalue weighted by atomic mass is 28.3. The zero-order valence-electron chi connectivity index (χ0n) is 14.8. The van der Waals surface area contributed by atoms with Crippen molar-refractivity contribution in [1.82, 2.24) is 0 Å². The summed E-state index contributed by atoms with van der Waals surface area (Å²) in [5.41, 5.74) is 8.68. The van der Waals surface area contributed by atoms with Gasteiger partial charge in [-0.3, -0.25) is 4.79 Å². The van der Waals surface area contributed by atoms with Crippen LogP contribution < -0.4 is 16.2 Å². The second kappa shape index (κ2) is 7.74. The molecule has 2 rings (SSSR count). The first-order valence-electron chi connectivity index (χ1n) is 8.06. The first-order chi connectivity index (χ1) is 11.3. The van der Waals surface area contributed by atoms with Crippen LogP contribution in [0.25, 0.3) is 0 Å². The molecule has 2 aromatic carbocycles. The summed E-state index contributed by atoms with van der Waals surface area (Å²) in [6.07, 6.45) is 0. The molecule has 0 aliphatic carbocycles. The summed E-state index contributed by atoms with van der Waals surface area (Å²) in [6.45, 7) is 7.43. The quantitative estimate of drug-likeness (QED) is 0.793. The van der Waals surface area contributed by atoms with E-state index in [4.69, 9.17) is 10.5 Å². The average Bonchev–Trinajstić information content (AvgIpc) is 2.55. The molecule has 0 aromatic heterocycles. The number of nitrogens with one attached hydrogen (secondary N) is 1. The molecule has 24 heavy (non-hydrogen) atoms. The Balaban J connectivity index is 2.03. The van der Waals surface area contributed by atoms with Crippen molar-refractivity contribution in [3.63, 3.8) is 0 Å². The number of ether oxygens (including phenoxy) is 1. The largest absolute Gasteiger partial charge is 0.380 e. The van der Waals surface area contributed by atoms with Crippen LogP contribution in [0.4, 0.5) is 5.69 Å². The second-order valence-corrected chi connectivity index (χ2v) is 12.0. The Morgan fingerprint density at radius 3 is 2.17 bits per heavy atom. The Hall–Kier alpha value is -1.95. The van der Waals surface area contributed by atoms with Crippen molar-refractivity contribution in [3.05, 3.63) is 59.7 Å². The highest BCUT2D eigenvalue weighted by Crippen LogP contribution is 2.15. The van der Waals surface area contributed by atoms with Gasteiger partial charge in [0.05, 0.1) is 14.7 Å². The summed E-state index contributed by atoms with van der Waals surface area (Å²) < 4.78 is 5.08. The molecule has 3 N–H and O–H groups in total. The third kappa shape index (κ3) is 4.77. The van der Waals surface area contributed by atoms with E-state index in [0.29, 0.717) is 6.61 Å². The molecular weight excluding hydrogens is 316 g/mol. The molecule has 128 valence electrons. The predicted octanol–water partition coefficient (Wildman–Crippen LogP) is 3.02. The van der Waals surface area contributed by atoms with Crippen LogP contribution in [-0.2, 0) is 16.1 Å². The smallest absolute Gasteiger partial charge is 0.245 e. The van der Waals surface area contributed by atoms with Crippen LogP contribution in [0.5, 0.6) is 0 Å². The number of carbonyl (C=O) groups excluding carboxylic acids is 1. The van der Waals surface area contributed by atoms with E-state index >= 15 is 0 Å². The molecule has 5 heteroatoms. The van der Waals surface area contributed by atoms with Crippen molar-refractivity contribution >= 4 is 24.9 Å². The van der Waals surface area contributed by atoms with Gasteiger partial charge < -0.3 is 15.8 Å². The van der Waals surface area contributed by atoms with E-state index < -0.39 is 14.1 Å². The maximum Gasteiger partial charge on any atom is 0.245 e. The van der Waals surface area contributed by atoms with E-state index in [1.807, 2.05) is 36.4 Å². The molecule has 0 bridgehead atoms. The monoisotopic (exact) mass is 342 g/mol. The molecule has 0 aliphatic rings. The molecule has 4 nitrogen and oxygen atoms in total. The molecule has 0 heterocycles. The normalized spacial score (nSPS) is 12.7. The molecule has 0 fully saturated rings. The van der Waals surface area contributed by atoms with Crippen molar-refractivity contribution in [2.75, 3.05) is 12.4 Å². The van der Waals surface area contributed by atoms with Gasteiger partial charge in [0.15, 0.2) is 0 Å². The molecule has 0 aliphatic heterocycles. The van der Waals surface area contributed by atoms with Gasteiger partial charge in [0.2, 0.25) is 5.91 Å². The Morgan fingerprint density at radius 1 is 1.08 bits per heavy atom. The summed E-state index contributed by atoms with van der Waals surface area (Å²) in [6, 6.07) is 15.0. The number of hydrogen-bond acceptors (Lipinski definition) is 3. The van der Waals surface area contributed by atoms with Gasteiger partial charge in [0.25, 0.3) is 0 Å². The molecule has 0 saturated heterocycles. The van der Waals surface area contributed by atoms with Gasteiger partial charge in [-0.15, -0.1) is 0 Å². The van der Waals surface area contributed by atoms with E-state index in [9.17, 15) is 4.79 Å². The summed E-state index contributed by atoms with van der Waals surface area (Å²) >= 11 is 0. The number of anilines is 1. The highest BCUT2D eigenvalue weighted by molar-refractivity contribution is 6.88. The summed E-state index contributed by atoms with van der Waals surface area (Å²) in [5.74, 6) is -0.213. The predicted molar refractivity (Wildman–Crippen MR) is 102 cm³/mol. The molecule has 0 radical (unpaired) electrons. The van der Waals surface area contributed by atoms with Crippen LogP contribution in [0.1, 0.15) is 17.2 Å². The maximum absolute atomic E-state index is 12.4. The molecule has 0 saturated carbocycles. The minimum Gasteiger partial charge on any atom is -0.380 e. The third-order valence-electron chi connectivity index (χ3n) is 3.95. The fourth-order valence-corrected chi connectivity index (χ4v) is 3.58. The van der Waals surface area contributed by atoms with Crippen molar-refractivity contribution in [2.24, 2.45) is 5.73 Å². The number of hydrogen-bond donors (Lipinski definition) is 2. The van der Waals surface area contributed by atoms with Crippen LogP contribution in [0.3, 0.4) is 0 Å². The van der Waals surface area contributed by atoms with Gasteiger partial charge in [-0.1, -0.05) is 61.2 Å². The topological polar surface area (TPSA) is 64.3 Å². The van der Waals surface area contributed by atoms with Gasteiger partial charge in [0, 0.05) is 12.8 Å². The zero-order chi connectivity index (χ0) is 17.7. The van der Waals surface area contributed by atoms with Crippen molar-refractivity contribution in [2.45, 2.75) is 32.3 Å². The highest BCUT2D eigenvalue weighted by Gasteiger charge is 2.18. The fraction of sp³-hybridized carbons (Fsp3) is 0.316. The lowest BCUT2D eigenvalue weighted by Gasteiger charge is -2.17. The van der Waals surface area contributed by atoms with Crippen molar-refractivity contribution in [1.29, 1.82) is 0 Å². The number of methoxy groups -OCH3 is 1. The SMILES string of the molecule is COCc1ccc(C(N)C(=O)Nc2ccc([Si](C)(C)C)cc2)cc1. The lowest BCUT2D eigenvalue weighted by atomic mass is 10.0. The summed E-state index contributed by atoms with van der Waals surface area (Å²) in [4.78, 5) is 12.4. The van der Waals surface area contributed by atoms with Crippen LogP contribution >= 0.6 is 0 Å². The van der Waals surface area contributed by atoms with Gasteiger partial charge in [-0.25, -0.2) is 0 Å². The van der Waals surface area contributed by atoms with Gasteiger partial charge in [-0.05, 0) is 23.3 Å². The number of carbonyl (C=O) groups is 1. The molecule has 2 aromatic rings. The average molecular weight is 343 g/mol. The van der Waals surface area contributed by atoms with Gasteiger partial charge in [0.1, 0.15) is 6.04 Å². The van der Waals surface area contributed by atoms with E-state index in [-0.39, 0.29) is 5.91 Å². The van der Waals surface area contributed by atoms with Crippen LogP contribution in [0, 0.1) is 0 Å². The fourth-order valence-electron chi connectivity index (χ4n) is 2.41. The number of nitrogens with two attached hydrogens (primary N) is 1. The van der Waals surface area contributed by atoms with E-state index in [1.54, 1.807) is 7.11 Å². The number of rotatable bonds is 6. The van der Waals surface area contributed by atoms with E-state index in [2.05, 4.69) is 37.1 Å². The zero-order valence-corrected chi connectivity index (χ0v) is 15.8. The van der Waals surface area contributed by atoms with Crippen LogP contribution in [-0.4, -0.2) is 21.1 Å². The van der Waals surface area contributed by atoms with Crippen molar-refractivity contribution < 1.29 is 9.53 Å². The molecular formula is C19H26N2O2Si. The Morgan fingerprint density at radius 2 is 1.67 bits per heavy atom. The summed E-state index contributed by atoms with van der Waals surface area (Å²) in [5, 5.41) is 4.25. The third-order valence-corrected chi connectivity index (χ3v) is 6.02. The second-order valence-electron chi connectivity index (χ2n) is 6.97. The van der Waals surface area contributed by atoms with E-state index in [0.717, 1.165) is 16.8 Å². The molecule has 1 unspecified atom stereocenters. The Kier molecular flexibility index (Phi) is 5.93. The standard InChI is InChI=1S/C19H26N2O2Si/c1-23-13-14-5-7-15(8-6-14)18(20)19(22)21-16-9-11-17(12-10-16)24(2,3)4/h5-12,18H,13,20H2,1-4H3,(H,21,22).